The van der Waals surface area contributed by atoms with E-state index in [0.717, 1.165) is 70.7 Å². The molecule has 2 saturated heterocycles. The molecule has 2 aliphatic heterocycles. The number of likely N-dealkylation sites (tertiary alicyclic amines) is 1. The normalized spacial score (nSPS) is 22.9. The van der Waals surface area contributed by atoms with Gasteiger partial charge in [0.2, 0.25) is 0 Å². The van der Waals surface area contributed by atoms with Crippen LogP contribution >= 0.6 is 11.3 Å². The molecule has 6 atom stereocenters. The largest absolute Gasteiger partial charge is 0.375 e. The summed E-state index contributed by atoms with van der Waals surface area (Å²) >= 11 is 1.64. The van der Waals surface area contributed by atoms with Gasteiger partial charge in [0.15, 0.2) is 5.78 Å². The number of aliphatic hydroxyl groups excluding tert-OH is 1. The molecule has 0 radical (unpaired) electrons. The highest BCUT2D eigenvalue weighted by Crippen LogP contribution is 2.40. The number of carbonyl (C=O) groups excluding carboxylic acids is 1. The molecule has 1 N–H and O–H groups in total. The molecule has 1 aromatic heterocycles. The number of aliphatic hydroxyl groups is 1. The second kappa shape index (κ2) is 21.7. The van der Waals surface area contributed by atoms with Crippen molar-refractivity contribution in [3.63, 3.8) is 0 Å². The molecule has 0 amide bonds. The molecule has 1 aromatic carbocycles. The molecule has 3 heterocycles. The van der Waals surface area contributed by atoms with Crippen LogP contribution in [-0.2, 0) is 20.6 Å². The maximum Gasteiger partial charge on any atom is 0.187 e. The lowest BCUT2D eigenvalue weighted by molar-refractivity contribution is -0.0904. The molecule has 0 spiro atoms. The van der Waals surface area contributed by atoms with Crippen molar-refractivity contribution < 1.29 is 24.1 Å². The van der Waals surface area contributed by atoms with Crippen molar-refractivity contribution in [1.29, 1.82) is 0 Å². The van der Waals surface area contributed by atoms with Crippen LogP contribution in [0.4, 0.5) is 0 Å². The van der Waals surface area contributed by atoms with Crippen molar-refractivity contribution in [2.24, 2.45) is 11.8 Å². The van der Waals surface area contributed by atoms with Crippen LogP contribution in [0.2, 0.25) is 0 Å². The summed E-state index contributed by atoms with van der Waals surface area (Å²) in [5, 5.41) is 8.93. The van der Waals surface area contributed by atoms with Gasteiger partial charge in [0.05, 0.1) is 31.0 Å². The molecular formula is C45H63NO5S. The molecule has 6 unspecified atom stereocenters. The fourth-order valence-electron chi connectivity index (χ4n) is 7.51. The average molecular weight is 730 g/mol. The second-order valence-electron chi connectivity index (χ2n) is 14.8. The SMILES string of the molecule is C=C/C(=C\C=C\C(=O)c1c(-c2ccc(CC(C)OC(C)COCO)cc2)sc(/C=C/CC2OC(C)CC(C)C2C)c1C=C)CCCN1CCCCC1. The number of carbonyl (C=O) groups is 1. The topological polar surface area (TPSA) is 68.2 Å². The van der Waals surface area contributed by atoms with E-state index in [2.05, 4.69) is 75.2 Å². The average Bonchev–Trinajstić information content (AvgIpc) is 3.51. The highest BCUT2D eigenvalue weighted by atomic mass is 32.1. The molecule has 0 aliphatic carbocycles. The number of allylic oxidation sites excluding steroid dienone is 5. The first kappa shape index (κ1) is 41.8. The van der Waals surface area contributed by atoms with E-state index in [4.69, 9.17) is 19.3 Å². The number of ketones is 1. The zero-order chi connectivity index (χ0) is 37.5. The number of hydrogen-bond acceptors (Lipinski definition) is 7. The fraction of sp³-hybridized carbons (Fsp3) is 0.533. The van der Waals surface area contributed by atoms with Crippen LogP contribution in [0.25, 0.3) is 22.6 Å². The molecule has 52 heavy (non-hydrogen) atoms. The molecule has 2 aliphatic rings. The van der Waals surface area contributed by atoms with Gasteiger partial charge in [0, 0.05) is 20.9 Å². The van der Waals surface area contributed by atoms with Crippen LogP contribution in [0.5, 0.6) is 0 Å². The van der Waals surface area contributed by atoms with Crippen molar-refractivity contribution >= 4 is 29.3 Å². The van der Waals surface area contributed by atoms with Crippen LogP contribution < -0.4 is 0 Å². The van der Waals surface area contributed by atoms with Gasteiger partial charge in [-0.15, -0.1) is 11.3 Å². The van der Waals surface area contributed by atoms with E-state index in [1.807, 2.05) is 38.2 Å². The van der Waals surface area contributed by atoms with Crippen molar-refractivity contribution in [2.45, 2.75) is 110 Å². The predicted octanol–water partition coefficient (Wildman–Crippen LogP) is 10.3. The summed E-state index contributed by atoms with van der Waals surface area (Å²) in [7, 11) is 0. The predicted molar refractivity (Wildman–Crippen MR) is 219 cm³/mol. The van der Waals surface area contributed by atoms with Gasteiger partial charge < -0.3 is 24.2 Å². The Kier molecular flexibility index (Phi) is 17.5. The minimum Gasteiger partial charge on any atom is -0.375 e. The first-order chi connectivity index (χ1) is 25.1. The van der Waals surface area contributed by atoms with E-state index in [9.17, 15) is 4.79 Å². The summed E-state index contributed by atoms with van der Waals surface area (Å²) in [5.74, 6) is 1.08. The lowest BCUT2D eigenvalue weighted by Crippen LogP contribution is -2.37. The number of nitrogens with zero attached hydrogens (tertiary/aromatic N) is 1. The maximum absolute atomic E-state index is 14.1. The first-order valence-corrected chi connectivity index (χ1v) is 20.3. The van der Waals surface area contributed by atoms with Crippen LogP contribution in [0.1, 0.15) is 106 Å². The third kappa shape index (κ3) is 12.6. The van der Waals surface area contributed by atoms with E-state index in [1.165, 1.54) is 32.4 Å². The van der Waals surface area contributed by atoms with Gasteiger partial charge in [-0.3, -0.25) is 4.79 Å². The van der Waals surface area contributed by atoms with Crippen LogP contribution in [-0.4, -0.2) is 73.2 Å². The Balaban J connectivity index is 1.55. The molecule has 0 saturated carbocycles. The van der Waals surface area contributed by atoms with Crippen LogP contribution in [0.3, 0.4) is 0 Å². The Morgan fingerprint density at radius 1 is 1.10 bits per heavy atom. The van der Waals surface area contributed by atoms with Gasteiger partial charge in [0.1, 0.15) is 6.79 Å². The summed E-state index contributed by atoms with van der Waals surface area (Å²) in [4.78, 5) is 18.6. The number of hydrogen-bond donors (Lipinski definition) is 1. The first-order valence-electron chi connectivity index (χ1n) is 19.4. The van der Waals surface area contributed by atoms with Gasteiger partial charge in [0.25, 0.3) is 0 Å². The Morgan fingerprint density at radius 2 is 1.85 bits per heavy atom. The highest BCUT2D eigenvalue weighted by Gasteiger charge is 2.31. The second-order valence-corrected chi connectivity index (χ2v) is 15.9. The molecule has 2 aromatic rings. The lowest BCUT2D eigenvalue weighted by atomic mass is 9.82. The summed E-state index contributed by atoms with van der Waals surface area (Å²) in [6, 6.07) is 8.44. The lowest BCUT2D eigenvalue weighted by Gasteiger charge is -2.37. The Hall–Kier alpha value is -2.91. The smallest absolute Gasteiger partial charge is 0.187 e. The number of rotatable bonds is 20. The number of thiophene rings is 1. The monoisotopic (exact) mass is 729 g/mol. The summed E-state index contributed by atoms with van der Waals surface area (Å²) in [5.41, 5.74) is 4.84. The van der Waals surface area contributed by atoms with E-state index in [1.54, 1.807) is 17.4 Å². The maximum atomic E-state index is 14.1. The van der Waals surface area contributed by atoms with Crippen LogP contribution in [0.15, 0.2) is 73.4 Å². The van der Waals surface area contributed by atoms with Gasteiger partial charge >= 0.3 is 0 Å². The van der Waals surface area contributed by atoms with E-state index in [-0.39, 0.29) is 37.0 Å². The van der Waals surface area contributed by atoms with Crippen LogP contribution in [0, 0.1) is 11.8 Å². The number of benzene rings is 1. The van der Waals surface area contributed by atoms with Gasteiger partial charge in [-0.2, -0.15) is 0 Å². The minimum absolute atomic E-state index is 0.0172. The molecule has 284 valence electrons. The van der Waals surface area contributed by atoms with Crippen molar-refractivity contribution in [3.8, 4) is 10.4 Å². The summed E-state index contributed by atoms with van der Waals surface area (Å²) in [6.07, 6.45) is 22.7. The minimum atomic E-state index is -0.310. The third-order valence-corrected chi connectivity index (χ3v) is 11.7. The van der Waals surface area contributed by atoms with Gasteiger partial charge in [-0.1, -0.05) is 88.1 Å². The molecular weight excluding hydrogens is 667 g/mol. The summed E-state index contributed by atoms with van der Waals surface area (Å²) < 4.78 is 17.5. The van der Waals surface area contributed by atoms with E-state index in [0.29, 0.717) is 24.0 Å². The third-order valence-electron chi connectivity index (χ3n) is 10.5. The quantitative estimate of drug-likeness (QED) is 0.0633. The summed E-state index contributed by atoms with van der Waals surface area (Å²) in [6.45, 7) is 22.5. The van der Waals surface area contributed by atoms with Gasteiger partial charge in [-0.05, 0) is 126 Å². The number of piperidine rings is 1. The Labute approximate surface area is 317 Å². The van der Waals surface area contributed by atoms with E-state index >= 15 is 0 Å². The van der Waals surface area contributed by atoms with Crippen molar-refractivity contribution in [3.05, 3.63) is 94.9 Å². The molecule has 2 fully saturated rings. The Bertz CT molecular complexity index is 1510. The van der Waals surface area contributed by atoms with Crippen molar-refractivity contribution in [1.82, 2.24) is 4.90 Å². The molecule has 6 nitrogen and oxygen atoms in total. The van der Waals surface area contributed by atoms with E-state index < -0.39 is 0 Å². The molecule has 7 heteroatoms. The van der Waals surface area contributed by atoms with Crippen molar-refractivity contribution in [2.75, 3.05) is 33.0 Å². The fourth-order valence-corrected chi connectivity index (χ4v) is 8.76. The highest BCUT2D eigenvalue weighted by molar-refractivity contribution is 7.17. The Morgan fingerprint density at radius 3 is 2.54 bits per heavy atom. The molecule has 0 bridgehead atoms. The standard InChI is InChI=1S/C45H63NO5S/c1-8-37(17-15-27-46-25-11-10-12-26-46)16-13-18-41(48)44-40(9-2)43(20-14-19-42-36(7)32(3)28-33(4)51-42)52-45(44)39-23-21-38(22-24-39)29-34(5)50-35(6)30-49-31-47/h8-9,13-14,16,18,20-24,32-36,42,47H,1-2,10-12,15,17,19,25-31H2,3-7H3/b18-13+,20-14+,37-16+. The van der Waals surface area contributed by atoms with Gasteiger partial charge in [-0.25, -0.2) is 0 Å². The number of ether oxygens (including phenoxy) is 3. The zero-order valence-electron chi connectivity index (χ0n) is 32.4. The molecule has 4 rings (SSSR count). The zero-order valence-corrected chi connectivity index (χ0v) is 33.2.